The molecule has 0 radical (unpaired) electrons. The Morgan fingerprint density at radius 1 is 1.33 bits per heavy atom. The summed E-state index contributed by atoms with van der Waals surface area (Å²) >= 11 is 0. The van der Waals surface area contributed by atoms with Crippen molar-refractivity contribution >= 4 is 12.0 Å². The number of benzene rings is 1. The van der Waals surface area contributed by atoms with Crippen molar-refractivity contribution in [2.75, 3.05) is 13.7 Å². The Kier molecular flexibility index (Phi) is 7.67. The monoisotopic (exact) mass is 286 g/mol. The van der Waals surface area contributed by atoms with E-state index in [1.165, 1.54) is 0 Å². The van der Waals surface area contributed by atoms with E-state index in [1.807, 2.05) is 24.3 Å². The van der Waals surface area contributed by atoms with Gasteiger partial charge in [-0.3, -0.25) is 4.79 Å². The molecule has 1 aromatic rings. The molecular formula is C17H22N2O2. The standard InChI is InChI=1S/C17H22N2O2/c1-3-4-5-8-11-19-17(20)15(13-18)12-14-9-6-7-10-16(14)21-2/h6-7,9-10,12H,3-5,8,11H2,1-2H3,(H,19,20)/b15-12-. The third kappa shape index (κ3) is 5.70. The van der Waals surface area contributed by atoms with Crippen molar-refractivity contribution in [2.24, 2.45) is 0 Å². The Hall–Kier alpha value is -2.28. The van der Waals surface area contributed by atoms with E-state index in [0.717, 1.165) is 31.2 Å². The van der Waals surface area contributed by atoms with Crippen molar-refractivity contribution in [1.82, 2.24) is 5.32 Å². The summed E-state index contributed by atoms with van der Waals surface area (Å²) in [7, 11) is 1.56. The number of unbranched alkanes of at least 4 members (excludes halogenated alkanes) is 3. The number of nitrogens with one attached hydrogen (secondary N) is 1. The Balaban J connectivity index is 2.67. The highest BCUT2D eigenvalue weighted by atomic mass is 16.5. The predicted molar refractivity (Wildman–Crippen MR) is 83.7 cm³/mol. The minimum absolute atomic E-state index is 0.0926. The van der Waals surface area contributed by atoms with Crippen LogP contribution in [0.3, 0.4) is 0 Å². The molecule has 0 fully saturated rings. The molecule has 0 saturated heterocycles. The van der Waals surface area contributed by atoms with Gasteiger partial charge >= 0.3 is 0 Å². The zero-order valence-corrected chi connectivity index (χ0v) is 12.7. The zero-order valence-electron chi connectivity index (χ0n) is 12.7. The lowest BCUT2D eigenvalue weighted by atomic mass is 10.1. The predicted octanol–water partition coefficient (Wildman–Crippen LogP) is 3.30. The molecule has 112 valence electrons. The van der Waals surface area contributed by atoms with E-state index >= 15 is 0 Å². The molecule has 0 aliphatic carbocycles. The molecular weight excluding hydrogens is 264 g/mol. The summed E-state index contributed by atoms with van der Waals surface area (Å²) in [5, 5.41) is 11.9. The van der Waals surface area contributed by atoms with Gasteiger partial charge in [-0.2, -0.15) is 5.26 Å². The summed E-state index contributed by atoms with van der Waals surface area (Å²) in [4.78, 5) is 12.0. The summed E-state index contributed by atoms with van der Waals surface area (Å²) in [6, 6.07) is 9.24. The van der Waals surface area contributed by atoms with Gasteiger partial charge < -0.3 is 10.1 Å². The van der Waals surface area contributed by atoms with Crippen LogP contribution in [0.5, 0.6) is 5.75 Å². The topological polar surface area (TPSA) is 62.1 Å². The Morgan fingerprint density at radius 3 is 2.76 bits per heavy atom. The van der Waals surface area contributed by atoms with Gasteiger partial charge in [0.1, 0.15) is 17.4 Å². The fraction of sp³-hybridized carbons (Fsp3) is 0.412. The van der Waals surface area contributed by atoms with Crippen LogP contribution in [0.4, 0.5) is 0 Å². The summed E-state index contributed by atoms with van der Waals surface area (Å²) in [6.45, 7) is 2.74. The van der Waals surface area contributed by atoms with Crippen LogP contribution in [0.15, 0.2) is 29.8 Å². The fourth-order valence-corrected chi connectivity index (χ4v) is 1.94. The first kappa shape index (κ1) is 16.8. The summed E-state index contributed by atoms with van der Waals surface area (Å²) in [5.41, 5.74) is 0.813. The van der Waals surface area contributed by atoms with Crippen LogP contribution in [-0.4, -0.2) is 19.6 Å². The van der Waals surface area contributed by atoms with Gasteiger partial charge in [-0.1, -0.05) is 44.4 Å². The van der Waals surface area contributed by atoms with Gasteiger partial charge in [0.25, 0.3) is 5.91 Å². The van der Waals surface area contributed by atoms with Crippen molar-refractivity contribution in [1.29, 1.82) is 5.26 Å². The van der Waals surface area contributed by atoms with Gasteiger partial charge in [0.15, 0.2) is 0 Å². The molecule has 0 heterocycles. The molecule has 1 N–H and O–H groups in total. The van der Waals surface area contributed by atoms with E-state index in [-0.39, 0.29) is 11.5 Å². The van der Waals surface area contributed by atoms with E-state index in [4.69, 9.17) is 10.00 Å². The van der Waals surface area contributed by atoms with Crippen LogP contribution >= 0.6 is 0 Å². The van der Waals surface area contributed by atoms with Crippen molar-refractivity contribution in [3.8, 4) is 11.8 Å². The van der Waals surface area contributed by atoms with E-state index in [2.05, 4.69) is 12.2 Å². The number of amides is 1. The molecule has 1 aromatic carbocycles. The molecule has 4 heteroatoms. The summed E-state index contributed by atoms with van der Waals surface area (Å²) in [5.74, 6) is 0.306. The van der Waals surface area contributed by atoms with Crippen molar-refractivity contribution in [2.45, 2.75) is 32.6 Å². The highest BCUT2D eigenvalue weighted by Crippen LogP contribution is 2.20. The first-order chi connectivity index (χ1) is 10.2. The van der Waals surface area contributed by atoms with Crippen LogP contribution in [0.25, 0.3) is 6.08 Å². The lowest BCUT2D eigenvalue weighted by Crippen LogP contribution is -2.25. The SMILES string of the molecule is CCCCCCNC(=O)/C(C#N)=C\c1ccccc1OC. The number of ether oxygens (including phenoxy) is 1. The molecule has 1 amide bonds. The molecule has 0 aromatic heterocycles. The number of carbonyl (C=O) groups excluding carboxylic acids is 1. The minimum Gasteiger partial charge on any atom is -0.496 e. The van der Waals surface area contributed by atoms with Gasteiger partial charge in [-0.15, -0.1) is 0 Å². The number of methoxy groups -OCH3 is 1. The Bertz CT molecular complexity index is 530. The van der Waals surface area contributed by atoms with E-state index < -0.39 is 0 Å². The quantitative estimate of drug-likeness (QED) is 0.453. The lowest BCUT2D eigenvalue weighted by Gasteiger charge is -2.06. The normalized spacial score (nSPS) is 10.8. The number of rotatable bonds is 8. The van der Waals surface area contributed by atoms with Gasteiger partial charge in [0.05, 0.1) is 7.11 Å². The fourth-order valence-electron chi connectivity index (χ4n) is 1.94. The molecule has 21 heavy (non-hydrogen) atoms. The molecule has 0 unspecified atom stereocenters. The first-order valence-electron chi connectivity index (χ1n) is 7.26. The highest BCUT2D eigenvalue weighted by Gasteiger charge is 2.09. The molecule has 0 bridgehead atoms. The number of nitriles is 1. The van der Waals surface area contributed by atoms with Crippen molar-refractivity contribution < 1.29 is 9.53 Å². The zero-order chi connectivity index (χ0) is 15.5. The van der Waals surface area contributed by atoms with Crippen molar-refractivity contribution in [3.05, 3.63) is 35.4 Å². The molecule has 0 spiro atoms. The van der Waals surface area contributed by atoms with Gasteiger partial charge in [0, 0.05) is 12.1 Å². The smallest absolute Gasteiger partial charge is 0.261 e. The number of carbonyl (C=O) groups is 1. The lowest BCUT2D eigenvalue weighted by molar-refractivity contribution is -0.117. The number of hydrogen-bond acceptors (Lipinski definition) is 3. The first-order valence-corrected chi connectivity index (χ1v) is 7.26. The molecule has 1 rings (SSSR count). The molecule has 0 saturated carbocycles. The van der Waals surface area contributed by atoms with Crippen LogP contribution in [0.1, 0.15) is 38.2 Å². The third-order valence-corrected chi connectivity index (χ3v) is 3.12. The van der Waals surface area contributed by atoms with Crippen LogP contribution < -0.4 is 10.1 Å². The largest absolute Gasteiger partial charge is 0.496 e. The average molecular weight is 286 g/mol. The van der Waals surface area contributed by atoms with Gasteiger partial charge in [-0.25, -0.2) is 0 Å². The molecule has 0 aliphatic rings. The second-order valence-corrected chi connectivity index (χ2v) is 4.73. The molecule has 0 aliphatic heterocycles. The second kappa shape index (κ2) is 9.60. The summed E-state index contributed by atoms with van der Waals surface area (Å²) in [6.07, 6.45) is 5.91. The maximum absolute atomic E-state index is 12.0. The average Bonchev–Trinajstić information content (AvgIpc) is 2.52. The summed E-state index contributed by atoms with van der Waals surface area (Å²) < 4.78 is 5.21. The Morgan fingerprint density at radius 2 is 2.10 bits per heavy atom. The highest BCUT2D eigenvalue weighted by molar-refractivity contribution is 6.01. The number of para-hydroxylation sites is 1. The maximum Gasteiger partial charge on any atom is 0.261 e. The maximum atomic E-state index is 12.0. The van der Waals surface area contributed by atoms with E-state index in [1.54, 1.807) is 19.3 Å². The number of hydrogen-bond donors (Lipinski definition) is 1. The van der Waals surface area contributed by atoms with Crippen molar-refractivity contribution in [3.63, 3.8) is 0 Å². The van der Waals surface area contributed by atoms with Crippen LogP contribution in [0.2, 0.25) is 0 Å². The van der Waals surface area contributed by atoms with Gasteiger partial charge in [0.2, 0.25) is 0 Å². The van der Waals surface area contributed by atoms with E-state index in [0.29, 0.717) is 12.3 Å². The van der Waals surface area contributed by atoms with Crippen LogP contribution in [-0.2, 0) is 4.79 Å². The van der Waals surface area contributed by atoms with Crippen LogP contribution in [0, 0.1) is 11.3 Å². The molecule has 4 nitrogen and oxygen atoms in total. The minimum atomic E-state index is -0.333. The Labute approximate surface area is 126 Å². The van der Waals surface area contributed by atoms with E-state index in [9.17, 15) is 4.79 Å². The third-order valence-electron chi connectivity index (χ3n) is 3.12. The van der Waals surface area contributed by atoms with Gasteiger partial charge in [-0.05, 0) is 18.6 Å². The molecule has 0 atom stereocenters. The number of nitrogens with zero attached hydrogens (tertiary/aromatic N) is 1. The second-order valence-electron chi connectivity index (χ2n) is 4.73.